The van der Waals surface area contributed by atoms with Crippen LogP contribution in [0.15, 0.2) is 45.9 Å². The minimum atomic E-state index is -1.28. The van der Waals surface area contributed by atoms with Gasteiger partial charge in [-0.1, -0.05) is 12.1 Å². The maximum absolute atomic E-state index is 11.9. The van der Waals surface area contributed by atoms with Gasteiger partial charge in [-0.2, -0.15) is 0 Å². The van der Waals surface area contributed by atoms with E-state index in [4.69, 9.17) is 4.42 Å². The Hall–Kier alpha value is -3.91. The number of benzene rings is 1. The third kappa shape index (κ3) is 4.32. The van der Waals surface area contributed by atoms with Gasteiger partial charge < -0.3 is 24.8 Å². The third-order valence-electron chi connectivity index (χ3n) is 6.29. The van der Waals surface area contributed by atoms with Crippen molar-refractivity contribution in [2.24, 2.45) is 4.99 Å². The third-order valence-corrected chi connectivity index (χ3v) is 6.29. The number of aromatic nitrogens is 1. The summed E-state index contributed by atoms with van der Waals surface area (Å²) in [6, 6.07) is 9.70. The second-order valence-electron chi connectivity index (χ2n) is 8.63. The molecule has 8 heteroatoms. The number of carbonyl (C=O) groups is 1. The summed E-state index contributed by atoms with van der Waals surface area (Å²) in [5, 5.41) is 23.4. The van der Waals surface area contributed by atoms with Gasteiger partial charge in [0.1, 0.15) is 0 Å². The number of allylic oxidation sites excluding steroid dienone is 1. The van der Waals surface area contributed by atoms with Crippen LogP contribution >= 0.6 is 0 Å². The van der Waals surface area contributed by atoms with Crippen LogP contribution in [0, 0.1) is 6.92 Å². The topological polar surface area (TPSA) is 111 Å². The predicted molar refractivity (Wildman–Crippen MR) is 131 cm³/mol. The van der Waals surface area contributed by atoms with Gasteiger partial charge in [-0.25, -0.2) is 14.8 Å². The second-order valence-corrected chi connectivity index (χ2v) is 8.63. The highest BCUT2D eigenvalue weighted by molar-refractivity contribution is 6.21. The summed E-state index contributed by atoms with van der Waals surface area (Å²) in [6.45, 7) is 5.35. The molecule has 3 N–H and O–H groups in total. The summed E-state index contributed by atoms with van der Waals surface area (Å²) in [5.41, 5.74) is 4.06. The highest BCUT2D eigenvalue weighted by Gasteiger charge is 2.26. The summed E-state index contributed by atoms with van der Waals surface area (Å²) >= 11 is 0. The molecule has 2 aliphatic rings. The second kappa shape index (κ2) is 9.15. The first-order valence-electron chi connectivity index (χ1n) is 11.4. The van der Waals surface area contributed by atoms with Crippen molar-refractivity contribution in [1.82, 2.24) is 9.88 Å². The van der Waals surface area contributed by atoms with Crippen molar-refractivity contribution < 1.29 is 19.4 Å². The standard InChI is InChI=1S/C26H26N4O4/c1-16-13-17(8-12-30-10-2-3-11-30)6-7-20(16)29-25-22(26(32)33)23(31)21(34-25)14-18-15-28-24-19(18)5-4-9-27-24/h4-7,9,13-15,29,31H,2-3,8,10-12H2,1H3,(H,32,33). The summed E-state index contributed by atoms with van der Waals surface area (Å²) in [4.78, 5) is 22.8. The molecule has 174 valence electrons. The number of likely N-dealkylation sites (tertiary alicyclic amines) is 1. The zero-order valence-corrected chi connectivity index (χ0v) is 18.9. The van der Waals surface area contributed by atoms with Crippen LogP contribution in [-0.2, 0) is 6.42 Å². The Balaban J connectivity index is 1.39. The van der Waals surface area contributed by atoms with Gasteiger partial charge in [-0.3, -0.25) is 0 Å². The minimum absolute atomic E-state index is 0.0221. The Bertz CT molecular complexity index is 1300. The van der Waals surface area contributed by atoms with Gasteiger partial charge in [-0.05, 0) is 74.7 Å². The maximum Gasteiger partial charge on any atom is 0.345 e. The number of carboxylic acid groups (broad SMARTS) is 1. The number of nitrogens with zero attached hydrogens (tertiary/aromatic N) is 3. The van der Waals surface area contributed by atoms with E-state index in [-0.39, 0.29) is 17.2 Å². The molecular formula is C26H26N4O4. The van der Waals surface area contributed by atoms with Crippen LogP contribution < -0.4 is 5.32 Å². The van der Waals surface area contributed by atoms with Crippen LogP contribution in [0.3, 0.4) is 0 Å². The Morgan fingerprint density at radius 3 is 2.85 bits per heavy atom. The van der Waals surface area contributed by atoms with Crippen molar-refractivity contribution >= 4 is 41.2 Å². The number of fused-ring (bicyclic) bond motifs is 1. The van der Waals surface area contributed by atoms with E-state index < -0.39 is 11.7 Å². The Morgan fingerprint density at radius 2 is 2.09 bits per heavy atom. The van der Waals surface area contributed by atoms with Crippen molar-refractivity contribution in [1.29, 1.82) is 0 Å². The number of hydrogen-bond acceptors (Lipinski definition) is 7. The smallest absolute Gasteiger partial charge is 0.345 e. The molecule has 1 saturated heterocycles. The monoisotopic (exact) mass is 458 g/mol. The molecule has 2 aliphatic heterocycles. The Labute approximate surface area is 197 Å². The summed E-state index contributed by atoms with van der Waals surface area (Å²) < 4.78 is 5.78. The zero-order chi connectivity index (χ0) is 23.7. The van der Waals surface area contributed by atoms with E-state index in [1.54, 1.807) is 24.6 Å². The van der Waals surface area contributed by atoms with Crippen LogP contribution in [-0.4, -0.2) is 51.9 Å². The van der Waals surface area contributed by atoms with Crippen molar-refractivity contribution in [2.75, 3.05) is 25.0 Å². The van der Waals surface area contributed by atoms with Gasteiger partial charge in [0.25, 0.3) is 0 Å². The van der Waals surface area contributed by atoms with Gasteiger partial charge in [0.05, 0.1) is 0 Å². The fourth-order valence-electron chi connectivity index (χ4n) is 4.44. The number of pyridine rings is 1. The van der Waals surface area contributed by atoms with Crippen LogP contribution in [0.2, 0.25) is 0 Å². The van der Waals surface area contributed by atoms with Crippen molar-refractivity contribution in [2.45, 2.75) is 26.2 Å². The fraction of sp³-hybridized carbons (Fsp3) is 0.269. The Morgan fingerprint density at radius 1 is 1.26 bits per heavy atom. The molecule has 5 rings (SSSR count). The maximum atomic E-state index is 11.9. The van der Waals surface area contributed by atoms with E-state index in [9.17, 15) is 15.0 Å². The number of anilines is 2. The van der Waals surface area contributed by atoms with Gasteiger partial charge in [0, 0.05) is 35.8 Å². The molecule has 0 unspecified atom stereocenters. The average Bonchev–Trinajstić information content (AvgIpc) is 3.55. The number of furan rings is 1. The van der Waals surface area contributed by atoms with E-state index in [1.165, 1.54) is 31.5 Å². The van der Waals surface area contributed by atoms with E-state index in [2.05, 4.69) is 26.3 Å². The first-order chi connectivity index (χ1) is 16.5. The number of aryl methyl sites for hydroxylation is 1. The number of aromatic hydroxyl groups is 1. The first kappa shape index (κ1) is 21.9. The molecule has 0 amide bonds. The molecular weight excluding hydrogens is 432 g/mol. The van der Waals surface area contributed by atoms with E-state index in [0.29, 0.717) is 11.4 Å². The quantitative estimate of drug-likeness (QED) is 0.455. The number of carboxylic acids is 1. The van der Waals surface area contributed by atoms with Gasteiger partial charge >= 0.3 is 5.97 Å². The van der Waals surface area contributed by atoms with Crippen LogP contribution in [0.1, 0.15) is 45.7 Å². The first-order valence-corrected chi connectivity index (χ1v) is 11.4. The number of hydrogen-bond donors (Lipinski definition) is 3. The predicted octanol–water partition coefficient (Wildman–Crippen LogP) is 5.03. The molecule has 4 heterocycles. The molecule has 1 fully saturated rings. The largest absolute Gasteiger partial charge is 0.504 e. The number of aliphatic imine (C=N–C) groups is 1. The summed E-state index contributed by atoms with van der Waals surface area (Å²) in [5.74, 6) is -1.13. The van der Waals surface area contributed by atoms with Gasteiger partial charge in [-0.15, -0.1) is 0 Å². The van der Waals surface area contributed by atoms with E-state index in [1.807, 2.05) is 25.1 Å². The normalized spacial score (nSPS) is 16.3. The van der Waals surface area contributed by atoms with Gasteiger partial charge in [0.2, 0.25) is 5.88 Å². The van der Waals surface area contributed by atoms with Crippen LogP contribution in [0.25, 0.3) is 11.6 Å². The molecule has 2 aromatic heterocycles. The lowest BCUT2D eigenvalue weighted by atomic mass is 10.1. The van der Waals surface area contributed by atoms with Crippen LogP contribution in [0.4, 0.5) is 17.4 Å². The minimum Gasteiger partial charge on any atom is -0.504 e. The number of aromatic carboxylic acids is 1. The molecule has 0 radical (unpaired) electrons. The molecule has 0 atom stereocenters. The van der Waals surface area contributed by atoms with Crippen molar-refractivity contribution in [3.8, 4) is 5.75 Å². The van der Waals surface area contributed by atoms with Crippen molar-refractivity contribution in [3.05, 3.63) is 64.5 Å². The molecule has 3 aromatic rings. The zero-order valence-electron chi connectivity index (χ0n) is 18.9. The molecule has 1 aromatic carbocycles. The SMILES string of the molecule is Cc1cc(CCN2CCCC2)ccc1Nc1oc(C=C2C=Nc3ncccc32)c(O)c1C(=O)O. The molecule has 0 aliphatic carbocycles. The fourth-order valence-corrected chi connectivity index (χ4v) is 4.44. The summed E-state index contributed by atoms with van der Waals surface area (Å²) in [7, 11) is 0. The van der Waals surface area contributed by atoms with E-state index >= 15 is 0 Å². The average molecular weight is 459 g/mol. The van der Waals surface area contributed by atoms with Crippen molar-refractivity contribution in [3.63, 3.8) is 0 Å². The number of rotatable bonds is 7. The number of nitrogens with one attached hydrogen (secondary N) is 1. The Kier molecular flexibility index (Phi) is 5.90. The van der Waals surface area contributed by atoms with Crippen LogP contribution in [0.5, 0.6) is 5.75 Å². The molecule has 0 spiro atoms. The molecule has 8 nitrogen and oxygen atoms in total. The molecule has 0 saturated carbocycles. The molecule has 0 bridgehead atoms. The molecule has 34 heavy (non-hydrogen) atoms. The highest BCUT2D eigenvalue weighted by atomic mass is 16.4. The van der Waals surface area contributed by atoms with E-state index in [0.717, 1.165) is 29.8 Å². The van der Waals surface area contributed by atoms with Gasteiger partial charge in [0.15, 0.2) is 22.9 Å². The summed E-state index contributed by atoms with van der Waals surface area (Å²) in [6.07, 6.45) is 8.35. The lowest BCUT2D eigenvalue weighted by Crippen LogP contribution is -2.21. The lowest BCUT2D eigenvalue weighted by molar-refractivity contribution is 0.0695. The lowest BCUT2D eigenvalue weighted by Gasteiger charge is -2.15. The highest BCUT2D eigenvalue weighted by Crippen LogP contribution is 2.39.